The van der Waals surface area contributed by atoms with Crippen molar-refractivity contribution in [3.63, 3.8) is 0 Å². The number of hydrogen-bond acceptors (Lipinski definition) is 6. The lowest BCUT2D eigenvalue weighted by atomic mass is 9.96. The molecule has 10 heteroatoms. The van der Waals surface area contributed by atoms with Crippen LogP contribution in [0.5, 0.6) is 0 Å². The Morgan fingerprint density at radius 1 is 1.24 bits per heavy atom. The second-order valence-corrected chi connectivity index (χ2v) is 7.82. The molecule has 3 aromatic heterocycles. The number of anilines is 2. The van der Waals surface area contributed by atoms with Gasteiger partial charge in [0, 0.05) is 48.2 Å². The number of aliphatic hydroxyl groups is 1. The van der Waals surface area contributed by atoms with Crippen LogP contribution >= 0.6 is 0 Å². The van der Waals surface area contributed by atoms with Crippen LogP contribution < -0.4 is 10.6 Å². The van der Waals surface area contributed by atoms with E-state index in [0.29, 0.717) is 28.3 Å². The minimum Gasteiger partial charge on any atom is -0.394 e. The Morgan fingerprint density at radius 2 is 2.06 bits per heavy atom. The van der Waals surface area contributed by atoms with Gasteiger partial charge in [0.1, 0.15) is 17.5 Å². The van der Waals surface area contributed by atoms with E-state index in [2.05, 4.69) is 30.9 Å². The highest BCUT2D eigenvalue weighted by atomic mass is 19.1. The van der Waals surface area contributed by atoms with E-state index in [9.17, 15) is 14.3 Å². The Balaban J connectivity index is 1.77. The summed E-state index contributed by atoms with van der Waals surface area (Å²) in [5, 5.41) is 25.9. The van der Waals surface area contributed by atoms with Crippen LogP contribution in [0.15, 0.2) is 49.1 Å². The molecule has 4 aromatic rings. The highest BCUT2D eigenvalue weighted by molar-refractivity contribution is 6.05. The maximum atomic E-state index is 14.7. The molecule has 4 rings (SSSR count). The van der Waals surface area contributed by atoms with Gasteiger partial charge in [-0.1, -0.05) is 0 Å². The SMILES string of the molecule is Cc1cc(F)c(C(=O)Nc2ccn[nH]2)cc1-c1cnc(N[C@H](C)CO)c(-c2cnn(C)c2)c1. The van der Waals surface area contributed by atoms with Gasteiger partial charge < -0.3 is 15.7 Å². The zero-order valence-corrected chi connectivity index (χ0v) is 18.4. The molecule has 1 amide bonds. The van der Waals surface area contributed by atoms with E-state index in [-0.39, 0.29) is 18.2 Å². The molecule has 170 valence electrons. The number of rotatable bonds is 7. The molecular weight excluding hydrogens is 425 g/mol. The molecule has 0 spiro atoms. The normalized spacial score (nSPS) is 11.9. The van der Waals surface area contributed by atoms with Gasteiger partial charge in [-0.05, 0) is 43.2 Å². The first-order valence-corrected chi connectivity index (χ1v) is 10.3. The van der Waals surface area contributed by atoms with Crippen molar-refractivity contribution in [1.82, 2.24) is 25.0 Å². The van der Waals surface area contributed by atoms with Crippen LogP contribution in [-0.2, 0) is 7.05 Å². The fraction of sp³-hybridized carbons (Fsp3) is 0.217. The standard InChI is InChI=1S/C23H24FN7O2/c1-13-6-20(24)19(23(33)29-21-4-5-26-30-21)8-17(13)15-7-18(16-10-27-31(3)11-16)22(25-9-15)28-14(2)12-32/h4-11,14,32H,12H2,1-3H3,(H,25,28)(H2,26,29,30,33)/t14-/m1/s1. The van der Waals surface area contributed by atoms with E-state index in [1.165, 1.54) is 18.3 Å². The van der Waals surface area contributed by atoms with Crippen molar-refractivity contribution in [2.24, 2.45) is 7.05 Å². The fourth-order valence-electron chi connectivity index (χ4n) is 3.46. The number of aryl methyl sites for hydroxylation is 2. The van der Waals surface area contributed by atoms with Crippen LogP contribution in [0.25, 0.3) is 22.3 Å². The van der Waals surface area contributed by atoms with E-state index in [1.54, 1.807) is 30.1 Å². The number of benzene rings is 1. The summed E-state index contributed by atoms with van der Waals surface area (Å²) in [6.45, 7) is 3.57. The molecule has 1 aromatic carbocycles. The molecule has 1 atom stereocenters. The molecule has 0 saturated heterocycles. The van der Waals surface area contributed by atoms with Crippen molar-refractivity contribution in [3.05, 3.63) is 66.0 Å². The highest BCUT2D eigenvalue weighted by Gasteiger charge is 2.18. The summed E-state index contributed by atoms with van der Waals surface area (Å²) in [6, 6.07) is 6.13. The van der Waals surface area contributed by atoms with Crippen molar-refractivity contribution in [2.45, 2.75) is 19.9 Å². The van der Waals surface area contributed by atoms with E-state index in [0.717, 1.165) is 11.1 Å². The number of pyridine rings is 1. The van der Waals surface area contributed by atoms with Crippen LogP contribution in [0.1, 0.15) is 22.8 Å². The van der Waals surface area contributed by atoms with Gasteiger partial charge in [0.05, 0.1) is 24.6 Å². The lowest BCUT2D eigenvalue weighted by Gasteiger charge is -2.17. The topological polar surface area (TPSA) is 121 Å². The summed E-state index contributed by atoms with van der Waals surface area (Å²) in [4.78, 5) is 17.2. The summed E-state index contributed by atoms with van der Waals surface area (Å²) in [5.74, 6) is -0.252. The number of halogens is 1. The minimum atomic E-state index is -0.622. The lowest BCUT2D eigenvalue weighted by molar-refractivity contribution is 0.102. The maximum absolute atomic E-state index is 14.7. The number of aliphatic hydroxyl groups excluding tert-OH is 1. The van der Waals surface area contributed by atoms with Crippen molar-refractivity contribution in [1.29, 1.82) is 0 Å². The monoisotopic (exact) mass is 449 g/mol. The van der Waals surface area contributed by atoms with Gasteiger partial charge in [0.15, 0.2) is 0 Å². The van der Waals surface area contributed by atoms with Gasteiger partial charge in [-0.3, -0.25) is 14.6 Å². The average Bonchev–Trinajstić information content (AvgIpc) is 3.45. The molecule has 0 aliphatic carbocycles. The largest absolute Gasteiger partial charge is 0.394 e. The Labute approximate surface area is 189 Å². The molecule has 33 heavy (non-hydrogen) atoms. The van der Waals surface area contributed by atoms with Crippen molar-refractivity contribution >= 4 is 17.5 Å². The van der Waals surface area contributed by atoms with Crippen molar-refractivity contribution < 1.29 is 14.3 Å². The summed E-state index contributed by atoms with van der Waals surface area (Å²) in [7, 11) is 1.82. The predicted molar refractivity (Wildman–Crippen MR) is 123 cm³/mol. The van der Waals surface area contributed by atoms with Gasteiger partial charge in [0.2, 0.25) is 0 Å². The van der Waals surface area contributed by atoms with Gasteiger partial charge in [-0.25, -0.2) is 9.37 Å². The number of carbonyl (C=O) groups is 1. The maximum Gasteiger partial charge on any atom is 0.259 e. The molecule has 0 bridgehead atoms. The summed E-state index contributed by atoms with van der Waals surface area (Å²) < 4.78 is 16.4. The summed E-state index contributed by atoms with van der Waals surface area (Å²) >= 11 is 0. The Bertz CT molecular complexity index is 1280. The van der Waals surface area contributed by atoms with E-state index >= 15 is 0 Å². The second kappa shape index (κ2) is 9.21. The molecule has 0 fully saturated rings. The zero-order chi connectivity index (χ0) is 23.5. The van der Waals surface area contributed by atoms with Gasteiger partial charge >= 0.3 is 0 Å². The quantitative estimate of drug-likeness (QED) is 0.343. The predicted octanol–water partition coefficient (Wildman–Crippen LogP) is 3.36. The number of aromatic nitrogens is 5. The molecule has 0 saturated carbocycles. The van der Waals surface area contributed by atoms with Crippen LogP contribution in [0.2, 0.25) is 0 Å². The first kappa shape index (κ1) is 22.2. The fourth-order valence-corrected chi connectivity index (χ4v) is 3.46. The molecule has 0 aliphatic heterocycles. The summed E-state index contributed by atoms with van der Waals surface area (Å²) in [6.07, 6.45) is 6.72. The Hall–Kier alpha value is -4.05. The van der Waals surface area contributed by atoms with Crippen LogP contribution in [0.4, 0.5) is 16.0 Å². The number of amides is 1. The molecule has 4 N–H and O–H groups in total. The number of aromatic amines is 1. The number of H-pyrrole nitrogens is 1. The Morgan fingerprint density at radius 3 is 2.73 bits per heavy atom. The van der Waals surface area contributed by atoms with E-state index in [4.69, 9.17) is 0 Å². The van der Waals surface area contributed by atoms with Crippen LogP contribution in [0, 0.1) is 12.7 Å². The number of nitrogens with zero attached hydrogens (tertiary/aromatic N) is 4. The zero-order valence-electron chi connectivity index (χ0n) is 18.4. The van der Waals surface area contributed by atoms with Gasteiger partial charge in [-0.15, -0.1) is 0 Å². The first-order valence-electron chi connectivity index (χ1n) is 10.3. The third kappa shape index (κ3) is 4.75. The van der Waals surface area contributed by atoms with E-state index < -0.39 is 11.7 Å². The minimum absolute atomic E-state index is 0.0538. The first-order chi connectivity index (χ1) is 15.9. The third-order valence-corrected chi connectivity index (χ3v) is 5.18. The highest BCUT2D eigenvalue weighted by Crippen LogP contribution is 2.33. The smallest absolute Gasteiger partial charge is 0.259 e. The molecule has 3 heterocycles. The number of nitrogens with one attached hydrogen (secondary N) is 3. The van der Waals surface area contributed by atoms with Crippen LogP contribution in [-0.4, -0.2) is 48.6 Å². The second-order valence-electron chi connectivity index (χ2n) is 7.82. The molecule has 9 nitrogen and oxygen atoms in total. The molecule has 0 aliphatic rings. The van der Waals surface area contributed by atoms with Crippen molar-refractivity contribution in [3.8, 4) is 22.3 Å². The number of carbonyl (C=O) groups excluding carboxylic acids is 1. The summed E-state index contributed by atoms with van der Waals surface area (Å²) in [5.41, 5.74) is 3.55. The van der Waals surface area contributed by atoms with Crippen molar-refractivity contribution in [2.75, 3.05) is 17.2 Å². The molecule has 0 radical (unpaired) electrons. The Kier molecular flexibility index (Phi) is 6.18. The van der Waals surface area contributed by atoms with Gasteiger partial charge in [-0.2, -0.15) is 10.2 Å². The lowest BCUT2D eigenvalue weighted by Crippen LogP contribution is -2.20. The van der Waals surface area contributed by atoms with E-state index in [1.807, 2.05) is 26.2 Å². The van der Waals surface area contributed by atoms with Crippen LogP contribution in [0.3, 0.4) is 0 Å². The number of hydrogen-bond donors (Lipinski definition) is 4. The average molecular weight is 449 g/mol. The molecule has 0 unspecified atom stereocenters. The van der Waals surface area contributed by atoms with Gasteiger partial charge in [0.25, 0.3) is 5.91 Å². The molecular formula is C23H24FN7O2. The third-order valence-electron chi connectivity index (χ3n) is 5.18.